The molecule has 2 aliphatic rings. The Morgan fingerprint density at radius 2 is 1.88 bits per heavy atom. The van der Waals surface area contributed by atoms with E-state index in [0.29, 0.717) is 22.9 Å². The molecule has 3 heterocycles. The molecule has 5 aromatic rings. The number of carbonyl (C=O) groups is 2. The molecular weight excluding hydrogens is 654 g/mol. The summed E-state index contributed by atoms with van der Waals surface area (Å²) >= 11 is 6.05. The summed E-state index contributed by atoms with van der Waals surface area (Å²) in [4.78, 5) is 35.7. The minimum absolute atomic E-state index is 0.0364. The largest absolute Gasteiger partial charge is 0.489 e. The lowest BCUT2D eigenvalue weighted by Crippen LogP contribution is -2.43. The highest BCUT2D eigenvalue weighted by molar-refractivity contribution is 6.31. The van der Waals surface area contributed by atoms with E-state index in [1.807, 2.05) is 13.0 Å². The smallest absolute Gasteiger partial charge is 0.251 e. The van der Waals surface area contributed by atoms with E-state index in [1.54, 1.807) is 55.6 Å². The molecule has 7 rings (SSSR count). The lowest BCUT2D eigenvalue weighted by atomic mass is 9.80. The molecule has 1 fully saturated rings. The molecule has 49 heavy (non-hydrogen) atoms. The predicted octanol–water partition coefficient (Wildman–Crippen LogP) is 5.88. The number of nitrogens with one attached hydrogen (secondary N) is 1. The third-order valence-electron chi connectivity index (χ3n) is 9.03. The molecule has 1 aliphatic carbocycles. The summed E-state index contributed by atoms with van der Waals surface area (Å²) < 4.78 is 41.5. The van der Waals surface area contributed by atoms with Crippen molar-refractivity contribution in [1.82, 2.24) is 15.3 Å². The first-order valence-electron chi connectivity index (χ1n) is 15.6. The molecule has 0 saturated heterocycles. The van der Waals surface area contributed by atoms with Crippen LogP contribution in [0.15, 0.2) is 72.9 Å². The summed E-state index contributed by atoms with van der Waals surface area (Å²) in [6.07, 6.45) is 3.62. The quantitative estimate of drug-likeness (QED) is 0.165. The van der Waals surface area contributed by atoms with Gasteiger partial charge in [0, 0.05) is 34.3 Å². The summed E-state index contributed by atoms with van der Waals surface area (Å²) in [5, 5.41) is 15.8. The fourth-order valence-corrected chi connectivity index (χ4v) is 6.13. The van der Waals surface area contributed by atoms with Crippen LogP contribution in [-0.4, -0.2) is 46.1 Å². The Kier molecular flexibility index (Phi) is 7.99. The van der Waals surface area contributed by atoms with Gasteiger partial charge in [0.15, 0.2) is 0 Å². The second kappa shape index (κ2) is 12.1. The van der Waals surface area contributed by atoms with Gasteiger partial charge in [-0.25, -0.2) is 13.8 Å². The zero-order chi connectivity index (χ0) is 34.7. The SMILES string of the molecule is Cc1cnc2c(OC3CC3)cc(C(=O)NC[C@@](O)(c3ccccc3)c3cc4c(c(-c5cc(Cl)c(F)cc5F)n3)OC[C@]4(C)C(N)=O)cc2c1. The first-order valence-corrected chi connectivity index (χ1v) is 16.0. The van der Waals surface area contributed by atoms with Gasteiger partial charge >= 0.3 is 0 Å². The molecule has 12 heteroatoms. The maximum atomic E-state index is 15.4. The molecule has 0 unspecified atom stereocenters. The number of hydrogen-bond acceptors (Lipinski definition) is 7. The number of nitrogens with two attached hydrogens (primary N) is 1. The van der Waals surface area contributed by atoms with Crippen molar-refractivity contribution in [2.45, 2.75) is 43.8 Å². The molecule has 250 valence electrons. The Hall–Kier alpha value is -5.13. The van der Waals surface area contributed by atoms with Gasteiger partial charge in [0.05, 0.1) is 23.4 Å². The number of aryl methyl sites for hydroxylation is 1. The van der Waals surface area contributed by atoms with E-state index in [2.05, 4.69) is 15.3 Å². The number of aromatic nitrogens is 2. The van der Waals surface area contributed by atoms with Crippen molar-refractivity contribution >= 4 is 34.3 Å². The Morgan fingerprint density at radius 3 is 2.59 bits per heavy atom. The van der Waals surface area contributed by atoms with E-state index >= 15 is 4.39 Å². The van der Waals surface area contributed by atoms with Crippen LogP contribution in [0.4, 0.5) is 8.78 Å². The van der Waals surface area contributed by atoms with E-state index in [9.17, 15) is 19.1 Å². The molecule has 0 bridgehead atoms. The minimum Gasteiger partial charge on any atom is -0.489 e. The zero-order valence-corrected chi connectivity index (χ0v) is 27.3. The van der Waals surface area contributed by atoms with Crippen molar-refractivity contribution in [2.75, 3.05) is 13.2 Å². The number of halogens is 3. The number of hydrogen-bond donors (Lipinski definition) is 3. The summed E-state index contributed by atoms with van der Waals surface area (Å²) in [6, 6.07) is 16.8. The van der Waals surface area contributed by atoms with E-state index < -0.39 is 41.0 Å². The highest BCUT2D eigenvalue weighted by Gasteiger charge is 2.46. The van der Waals surface area contributed by atoms with Crippen molar-refractivity contribution in [1.29, 1.82) is 0 Å². The zero-order valence-electron chi connectivity index (χ0n) is 26.5. The Bertz CT molecular complexity index is 2160. The van der Waals surface area contributed by atoms with Crippen molar-refractivity contribution < 1.29 is 33.0 Å². The summed E-state index contributed by atoms with van der Waals surface area (Å²) in [6.45, 7) is 2.88. The van der Waals surface area contributed by atoms with Crippen LogP contribution in [0, 0.1) is 18.6 Å². The monoisotopic (exact) mass is 684 g/mol. The van der Waals surface area contributed by atoms with Crippen molar-refractivity contribution in [3.63, 3.8) is 0 Å². The number of pyridine rings is 2. The molecular formula is C37H31ClF2N4O5. The standard InChI is InChI=1S/C37H31ClF2N4O5/c1-19-10-20-11-21(12-29(31(20)42-16-19)49-23-8-9-23)34(45)43-17-37(47,22-6-4-3-5-7-22)30-14-25-33(48-18-36(25,2)35(41)46)32(44-30)24-13-26(38)28(40)15-27(24)39/h3-7,10-16,23,47H,8-9,17-18H2,1-2H3,(H2,41,46)(H,43,45)/t36-,37+/m0/s1. The van der Waals surface area contributed by atoms with E-state index in [4.69, 9.17) is 26.8 Å². The Balaban J connectivity index is 1.34. The average Bonchev–Trinajstić information content (AvgIpc) is 3.84. The fraction of sp³-hybridized carbons (Fsp3) is 0.243. The number of rotatable bonds is 9. The van der Waals surface area contributed by atoms with Crippen LogP contribution in [0.5, 0.6) is 11.5 Å². The molecule has 3 aromatic carbocycles. The second-order valence-corrected chi connectivity index (χ2v) is 13.2. The van der Waals surface area contributed by atoms with Crippen LogP contribution in [0.25, 0.3) is 22.2 Å². The number of fused-ring (bicyclic) bond motifs is 2. The maximum Gasteiger partial charge on any atom is 0.251 e. The van der Waals surface area contributed by atoms with Gasteiger partial charge in [-0.3, -0.25) is 14.6 Å². The average molecular weight is 685 g/mol. The van der Waals surface area contributed by atoms with Gasteiger partial charge in [0.25, 0.3) is 5.91 Å². The first-order chi connectivity index (χ1) is 23.4. The molecule has 0 radical (unpaired) electrons. The van der Waals surface area contributed by atoms with Crippen LogP contribution in [-0.2, 0) is 15.8 Å². The van der Waals surface area contributed by atoms with Crippen LogP contribution in [0.2, 0.25) is 5.02 Å². The van der Waals surface area contributed by atoms with Gasteiger partial charge in [-0.1, -0.05) is 41.9 Å². The highest BCUT2D eigenvalue weighted by atomic mass is 35.5. The van der Waals surface area contributed by atoms with Crippen molar-refractivity contribution in [3.05, 3.63) is 118 Å². The second-order valence-electron chi connectivity index (χ2n) is 12.7. The van der Waals surface area contributed by atoms with Crippen LogP contribution in [0.3, 0.4) is 0 Å². The normalized spacial score (nSPS) is 18.0. The number of aliphatic hydroxyl groups is 1. The molecule has 2 atom stereocenters. The molecule has 9 nitrogen and oxygen atoms in total. The summed E-state index contributed by atoms with van der Waals surface area (Å²) in [5.41, 5.74) is 4.39. The molecule has 2 aromatic heterocycles. The molecule has 2 amide bonds. The number of primary amides is 1. The van der Waals surface area contributed by atoms with Gasteiger partial charge in [-0.15, -0.1) is 0 Å². The number of ether oxygens (including phenoxy) is 2. The number of nitrogens with zero attached hydrogens (tertiary/aromatic N) is 2. The molecule has 1 aliphatic heterocycles. The van der Waals surface area contributed by atoms with Gasteiger partial charge in [-0.05, 0) is 68.1 Å². The molecule has 0 spiro atoms. The lowest BCUT2D eigenvalue weighted by Gasteiger charge is -2.30. The molecule has 1 saturated carbocycles. The minimum atomic E-state index is -2.04. The predicted molar refractivity (Wildman–Crippen MR) is 179 cm³/mol. The van der Waals surface area contributed by atoms with E-state index in [0.717, 1.165) is 29.9 Å². The third-order valence-corrected chi connectivity index (χ3v) is 9.32. The van der Waals surface area contributed by atoms with E-state index in [-0.39, 0.29) is 51.6 Å². The van der Waals surface area contributed by atoms with Gasteiger partial charge in [0.2, 0.25) is 5.91 Å². The van der Waals surface area contributed by atoms with Gasteiger partial charge < -0.3 is 25.6 Å². The third kappa shape index (κ3) is 5.83. The van der Waals surface area contributed by atoms with Crippen LogP contribution >= 0.6 is 11.6 Å². The number of amides is 2. The topological polar surface area (TPSA) is 137 Å². The van der Waals surface area contributed by atoms with Gasteiger partial charge in [-0.2, -0.15) is 0 Å². The molecule has 4 N–H and O–H groups in total. The summed E-state index contributed by atoms with van der Waals surface area (Å²) in [5.74, 6) is -2.69. The van der Waals surface area contributed by atoms with Crippen molar-refractivity contribution in [3.8, 4) is 22.8 Å². The first kappa shape index (κ1) is 32.4. The Labute approximate surface area is 285 Å². The van der Waals surface area contributed by atoms with Crippen LogP contribution < -0.4 is 20.5 Å². The van der Waals surface area contributed by atoms with Crippen LogP contribution in [0.1, 0.15) is 52.5 Å². The number of carbonyl (C=O) groups excluding carboxylic acids is 2. The van der Waals surface area contributed by atoms with Gasteiger partial charge in [0.1, 0.15) is 52.0 Å². The number of benzene rings is 3. The fourth-order valence-electron chi connectivity index (χ4n) is 5.96. The lowest BCUT2D eigenvalue weighted by molar-refractivity contribution is -0.123. The van der Waals surface area contributed by atoms with E-state index in [1.165, 1.54) is 6.07 Å². The Morgan fingerprint density at radius 1 is 1.12 bits per heavy atom. The van der Waals surface area contributed by atoms with Crippen molar-refractivity contribution in [2.24, 2.45) is 5.73 Å². The summed E-state index contributed by atoms with van der Waals surface area (Å²) in [7, 11) is 0. The highest BCUT2D eigenvalue weighted by Crippen LogP contribution is 2.47. The maximum absolute atomic E-state index is 15.4.